The van der Waals surface area contributed by atoms with E-state index in [-0.39, 0.29) is 11.4 Å². The maximum Gasteiger partial charge on any atom is 0.130 e. The van der Waals surface area contributed by atoms with Crippen molar-refractivity contribution in [2.75, 3.05) is 32.7 Å². The highest BCUT2D eigenvalue weighted by Gasteiger charge is 2.16. The van der Waals surface area contributed by atoms with Crippen molar-refractivity contribution in [3.63, 3.8) is 0 Å². The van der Waals surface area contributed by atoms with Gasteiger partial charge in [0.15, 0.2) is 0 Å². The normalized spacial score (nSPS) is 15.8. The molecule has 0 spiro atoms. The third-order valence-corrected chi connectivity index (χ3v) is 3.94. The summed E-state index contributed by atoms with van der Waals surface area (Å²) in [5.41, 5.74) is 1.16. The molecule has 114 valence electrons. The molecule has 0 aliphatic carbocycles. The summed E-state index contributed by atoms with van der Waals surface area (Å²) in [7, 11) is 0. The quantitative estimate of drug-likeness (QED) is 0.801. The summed E-state index contributed by atoms with van der Waals surface area (Å²) in [4.78, 5) is 4.63. The van der Waals surface area contributed by atoms with Gasteiger partial charge in [0, 0.05) is 38.3 Å². The molecule has 1 aromatic rings. The Kier molecular flexibility index (Phi) is 5.66. The van der Waals surface area contributed by atoms with Crippen LogP contribution in [-0.2, 0) is 6.54 Å². The number of hydrogen-bond donors (Lipinski definition) is 0. The molecule has 1 fully saturated rings. The standard InChI is InChI=1S/C17H19FN4/c1-2-21-5-7-22(8-6-21)13-16-4-3-14(10-17(16)18)9-15(11-19)12-20/h3-4,9-10H,2,5-8,13H2,1H3. The molecule has 22 heavy (non-hydrogen) atoms. The molecule has 0 saturated carbocycles. The van der Waals surface area contributed by atoms with Crippen molar-refractivity contribution in [1.29, 1.82) is 10.5 Å². The van der Waals surface area contributed by atoms with Crippen molar-refractivity contribution in [2.45, 2.75) is 13.5 Å². The van der Waals surface area contributed by atoms with Crippen LogP contribution >= 0.6 is 0 Å². The lowest BCUT2D eigenvalue weighted by molar-refractivity contribution is 0.131. The van der Waals surface area contributed by atoms with Gasteiger partial charge in [-0.1, -0.05) is 19.1 Å². The lowest BCUT2D eigenvalue weighted by Gasteiger charge is -2.34. The lowest BCUT2D eigenvalue weighted by atomic mass is 10.1. The van der Waals surface area contributed by atoms with Gasteiger partial charge in [-0.25, -0.2) is 4.39 Å². The lowest BCUT2D eigenvalue weighted by Crippen LogP contribution is -2.45. The first-order valence-corrected chi connectivity index (χ1v) is 7.41. The zero-order chi connectivity index (χ0) is 15.9. The molecular weight excluding hydrogens is 279 g/mol. The second kappa shape index (κ2) is 7.70. The van der Waals surface area contributed by atoms with E-state index in [9.17, 15) is 4.39 Å². The average molecular weight is 298 g/mol. The molecular formula is C17H19FN4. The van der Waals surface area contributed by atoms with Gasteiger partial charge in [0.1, 0.15) is 23.5 Å². The third kappa shape index (κ3) is 4.14. The van der Waals surface area contributed by atoms with E-state index in [1.165, 1.54) is 12.1 Å². The number of hydrogen-bond acceptors (Lipinski definition) is 4. The van der Waals surface area contributed by atoms with Crippen LogP contribution in [0, 0.1) is 28.5 Å². The van der Waals surface area contributed by atoms with Crippen LogP contribution in [0.3, 0.4) is 0 Å². The minimum atomic E-state index is -0.290. The van der Waals surface area contributed by atoms with Gasteiger partial charge in [0.2, 0.25) is 0 Å². The number of rotatable bonds is 4. The minimum Gasteiger partial charge on any atom is -0.301 e. The molecule has 5 heteroatoms. The molecule has 1 aromatic carbocycles. The van der Waals surface area contributed by atoms with Gasteiger partial charge in [-0.2, -0.15) is 10.5 Å². The first-order chi connectivity index (χ1) is 10.7. The van der Waals surface area contributed by atoms with Crippen molar-refractivity contribution in [2.24, 2.45) is 0 Å². The SMILES string of the molecule is CCN1CCN(Cc2ccc(C=C(C#N)C#N)cc2F)CC1. The van der Waals surface area contributed by atoms with Crippen LogP contribution in [-0.4, -0.2) is 42.5 Å². The topological polar surface area (TPSA) is 54.1 Å². The van der Waals surface area contributed by atoms with Crippen LogP contribution in [0.25, 0.3) is 6.08 Å². The number of benzene rings is 1. The van der Waals surface area contributed by atoms with Crippen molar-refractivity contribution < 1.29 is 4.39 Å². The molecule has 1 aliphatic rings. The zero-order valence-corrected chi connectivity index (χ0v) is 12.7. The summed E-state index contributed by atoms with van der Waals surface area (Å²) >= 11 is 0. The largest absolute Gasteiger partial charge is 0.301 e. The van der Waals surface area contributed by atoms with Gasteiger partial charge >= 0.3 is 0 Å². The highest BCUT2D eigenvalue weighted by atomic mass is 19.1. The number of piperazine rings is 1. The molecule has 0 bridgehead atoms. The van der Waals surface area contributed by atoms with Crippen molar-refractivity contribution >= 4 is 6.08 Å². The van der Waals surface area contributed by atoms with E-state index < -0.39 is 0 Å². The average Bonchev–Trinajstić information content (AvgIpc) is 2.55. The van der Waals surface area contributed by atoms with Crippen molar-refractivity contribution in [3.05, 3.63) is 40.7 Å². The number of likely N-dealkylation sites (N-methyl/N-ethyl adjacent to an activating group) is 1. The van der Waals surface area contributed by atoms with E-state index in [1.54, 1.807) is 24.3 Å². The molecule has 0 N–H and O–H groups in total. The maximum atomic E-state index is 14.2. The van der Waals surface area contributed by atoms with Crippen LogP contribution < -0.4 is 0 Å². The van der Waals surface area contributed by atoms with Crippen molar-refractivity contribution in [3.8, 4) is 12.1 Å². The van der Waals surface area contributed by atoms with Crippen LogP contribution in [0.1, 0.15) is 18.1 Å². The summed E-state index contributed by atoms with van der Waals surface area (Å²) in [6.07, 6.45) is 1.40. The molecule has 2 rings (SSSR count). The fourth-order valence-electron chi connectivity index (χ4n) is 2.54. The Hall–Kier alpha value is -2.21. The van der Waals surface area contributed by atoms with E-state index in [4.69, 9.17) is 10.5 Å². The Morgan fingerprint density at radius 2 is 1.82 bits per heavy atom. The van der Waals surface area contributed by atoms with E-state index in [0.717, 1.165) is 32.7 Å². The Morgan fingerprint density at radius 1 is 1.18 bits per heavy atom. The minimum absolute atomic E-state index is 0.0252. The Morgan fingerprint density at radius 3 is 2.36 bits per heavy atom. The fourth-order valence-corrected chi connectivity index (χ4v) is 2.54. The number of halogens is 1. The molecule has 0 atom stereocenters. The zero-order valence-electron chi connectivity index (χ0n) is 12.7. The smallest absolute Gasteiger partial charge is 0.130 e. The predicted octanol–water partition coefficient (Wildman–Crippen LogP) is 2.39. The first-order valence-electron chi connectivity index (χ1n) is 7.41. The third-order valence-electron chi connectivity index (χ3n) is 3.94. The Balaban J connectivity index is 2.04. The summed E-state index contributed by atoms with van der Waals surface area (Å²) in [5, 5.41) is 17.4. The summed E-state index contributed by atoms with van der Waals surface area (Å²) in [5.74, 6) is -0.290. The highest BCUT2D eigenvalue weighted by molar-refractivity contribution is 5.62. The molecule has 1 aliphatic heterocycles. The molecule has 4 nitrogen and oxygen atoms in total. The number of nitriles is 2. The molecule has 0 amide bonds. The van der Waals surface area contributed by atoms with E-state index in [0.29, 0.717) is 17.7 Å². The van der Waals surface area contributed by atoms with E-state index in [2.05, 4.69) is 16.7 Å². The molecule has 0 radical (unpaired) electrons. The van der Waals surface area contributed by atoms with Gasteiger partial charge in [0.25, 0.3) is 0 Å². The van der Waals surface area contributed by atoms with E-state index >= 15 is 0 Å². The summed E-state index contributed by atoms with van der Waals surface area (Å²) in [6.45, 7) is 7.74. The van der Waals surface area contributed by atoms with Crippen LogP contribution in [0.2, 0.25) is 0 Å². The van der Waals surface area contributed by atoms with Crippen LogP contribution in [0.15, 0.2) is 23.8 Å². The number of allylic oxidation sites excluding steroid dienone is 1. The van der Waals surface area contributed by atoms with Gasteiger partial charge in [-0.05, 0) is 24.3 Å². The molecule has 1 heterocycles. The second-order valence-electron chi connectivity index (χ2n) is 5.34. The van der Waals surface area contributed by atoms with Crippen molar-refractivity contribution in [1.82, 2.24) is 9.80 Å². The van der Waals surface area contributed by atoms with Gasteiger partial charge < -0.3 is 4.90 Å². The molecule has 0 unspecified atom stereocenters. The summed E-state index contributed by atoms with van der Waals surface area (Å²) in [6, 6.07) is 8.41. The number of nitrogens with zero attached hydrogens (tertiary/aromatic N) is 4. The first kappa shape index (κ1) is 16.2. The van der Waals surface area contributed by atoms with Crippen LogP contribution in [0.4, 0.5) is 4.39 Å². The predicted molar refractivity (Wildman–Crippen MR) is 83.0 cm³/mol. The maximum absolute atomic E-state index is 14.2. The fraction of sp³-hybridized carbons (Fsp3) is 0.412. The molecule has 1 saturated heterocycles. The molecule has 0 aromatic heterocycles. The van der Waals surface area contributed by atoms with Crippen LogP contribution in [0.5, 0.6) is 0 Å². The van der Waals surface area contributed by atoms with Gasteiger partial charge in [-0.15, -0.1) is 0 Å². The highest BCUT2D eigenvalue weighted by Crippen LogP contribution is 2.16. The van der Waals surface area contributed by atoms with E-state index in [1.807, 2.05) is 0 Å². The van der Waals surface area contributed by atoms with Gasteiger partial charge in [-0.3, -0.25) is 4.90 Å². The van der Waals surface area contributed by atoms with Gasteiger partial charge in [0.05, 0.1) is 0 Å². The summed E-state index contributed by atoms with van der Waals surface area (Å²) < 4.78 is 14.2. The Bertz CT molecular complexity index is 615. The monoisotopic (exact) mass is 298 g/mol. The second-order valence-corrected chi connectivity index (χ2v) is 5.34. The Labute approximate surface area is 130 Å².